The van der Waals surface area contributed by atoms with Crippen LogP contribution < -0.4 is 4.72 Å². The molecule has 0 fully saturated rings. The smallest absolute Gasteiger partial charge is 0.340 e. The molecule has 0 saturated heterocycles. The van der Waals surface area contributed by atoms with Crippen LogP contribution in [0.15, 0.2) is 23.6 Å². The zero-order valence-electron chi connectivity index (χ0n) is 9.15. The number of rotatable bonds is 4. The predicted octanol–water partition coefficient (Wildman–Crippen LogP) is -0.358. The van der Waals surface area contributed by atoms with Crippen LogP contribution in [0.25, 0.3) is 0 Å². The molecule has 0 amide bonds. The Morgan fingerprint density at radius 3 is 2.78 bits per heavy atom. The number of nitrogens with one attached hydrogen (secondary N) is 2. The van der Waals surface area contributed by atoms with Gasteiger partial charge in [0.1, 0.15) is 5.56 Å². The molecule has 9 nitrogen and oxygen atoms in total. The van der Waals surface area contributed by atoms with E-state index in [4.69, 9.17) is 5.11 Å². The minimum absolute atomic E-state index is 0.225. The second kappa shape index (κ2) is 4.14. The number of hydrogen-bond acceptors (Lipinski definition) is 5. The van der Waals surface area contributed by atoms with E-state index in [1.54, 1.807) is 7.05 Å². The number of H-pyrrole nitrogens is 1. The van der Waals surface area contributed by atoms with Gasteiger partial charge in [-0.2, -0.15) is 18.6 Å². The molecule has 0 aliphatic carbocycles. The summed E-state index contributed by atoms with van der Waals surface area (Å²) < 4.78 is 27.4. The summed E-state index contributed by atoms with van der Waals surface area (Å²) in [5.41, 5.74) is -0.199. The van der Waals surface area contributed by atoms with Crippen molar-refractivity contribution in [2.45, 2.75) is 5.03 Å². The van der Waals surface area contributed by atoms with E-state index in [1.807, 2.05) is 0 Å². The van der Waals surface area contributed by atoms with Gasteiger partial charge in [-0.25, -0.2) is 4.79 Å². The maximum absolute atomic E-state index is 11.9. The first-order valence-electron chi connectivity index (χ1n) is 4.68. The van der Waals surface area contributed by atoms with Crippen LogP contribution in [0.2, 0.25) is 0 Å². The third-order valence-electron chi connectivity index (χ3n) is 2.06. The van der Waals surface area contributed by atoms with Gasteiger partial charge < -0.3 is 5.11 Å². The third-order valence-corrected chi connectivity index (χ3v) is 3.41. The number of carboxylic acid groups (broad SMARTS) is 1. The normalized spacial score (nSPS) is 11.4. The molecular formula is C8H9N5O4S. The minimum atomic E-state index is -4.03. The van der Waals surface area contributed by atoms with Crippen LogP contribution in [0.3, 0.4) is 0 Å². The van der Waals surface area contributed by atoms with E-state index in [-0.39, 0.29) is 5.69 Å². The number of carbonyl (C=O) groups is 1. The molecule has 0 saturated carbocycles. The van der Waals surface area contributed by atoms with Crippen LogP contribution in [0.1, 0.15) is 10.4 Å². The highest BCUT2D eigenvalue weighted by Crippen LogP contribution is 2.16. The van der Waals surface area contributed by atoms with Crippen molar-refractivity contribution in [2.75, 3.05) is 4.72 Å². The van der Waals surface area contributed by atoms with E-state index in [0.717, 1.165) is 6.20 Å². The van der Waals surface area contributed by atoms with Crippen molar-refractivity contribution in [1.29, 1.82) is 0 Å². The highest BCUT2D eigenvalue weighted by Gasteiger charge is 2.25. The van der Waals surface area contributed by atoms with Gasteiger partial charge in [-0.15, -0.1) is 0 Å². The van der Waals surface area contributed by atoms with Gasteiger partial charge >= 0.3 is 5.97 Å². The molecule has 0 atom stereocenters. The van der Waals surface area contributed by atoms with Crippen molar-refractivity contribution in [3.8, 4) is 0 Å². The number of aromatic amines is 1. The number of nitrogens with zero attached hydrogens (tertiary/aromatic N) is 3. The maximum atomic E-state index is 11.9. The molecule has 0 aromatic carbocycles. The van der Waals surface area contributed by atoms with Gasteiger partial charge in [0.25, 0.3) is 10.0 Å². The van der Waals surface area contributed by atoms with E-state index < -0.39 is 26.6 Å². The fourth-order valence-electron chi connectivity index (χ4n) is 1.31. The predicted molar refractivity (Wildman–Crippen MR) is 59.6 cm³/mol. The Labute approximate surface area is 101 Å². The van der Waals surface area contributed by atoms with Crippen LogP contribution in [0, 0.1) is 0 Å². The summed E-state index contributed by atoms with van der Waals surface area (Å²) in [6, 6.07) is 0. The Morgan fingerprint density at radius 1 is 1.50 bits per heavy atom. The van der Waals surface area contributed by atoms with E-state index in [1.165, 1.54) is 17.1 Å². The summed E-state index contributed by atoms with van der Waals surface area (Å²) in [4.78, 5) is 10.8. The summed E-state index contributed by atoms with van der Waals surface area (Å²) in [6.07, 6.45) is 3.67. The van der Waals surface area contributed by atoms with Crippen molar-refractivity contribution < 1.29 is 18.3 Å². The third kappa shape index (κ3) is 2.18. The van der Waals surface area contributed by atoms with Crippen molar-refractivity contribution in [2.24, 2.45) is 7.05 Å². The fraction of sp³-hybridized carbons (Fsp3) is 0.125. The van der Waals surface area contributed by atoms with Crippen molar-refractivity contribution in [3.63, 3.8) is 0 Å². The Balaban J connectivity index is 2.37. The summed E-state index contributed by atoms with van der Waals surface area (Å²) >= 11 is 0. The van der Waals surface area contributed by atoms with Gasteiger partial charge in [-0.3, -0.25) is 14.5 Å². The van der Waals surface area contributed by atoms with Gasteiger partial charge in [0.15, 0.2) is 5.03 Å². The average molecular weight is 271 g/mol. The van der Waals surface area contributed by atoms with Crippen LogP contribution >= 0.6 is 0 Å². The van der Waals surface area contributed by atoms with Crippen LogP contribution in [-0.4, -0.2) is 39.5 Å². The molecule has 0 bridgehead atoms. The molecule has 10 heteroatoms. The monoisotopic (exact) mass is 271 g/mol. The van der Waals surface area contributed by atoms with Crippen molar-refractivity contribution in [1.82, 2.24) is 20.0 Å². The summed E-state index contributed by atoms with van der Waals surface area (Å²) in [5.74, 6) is -1.38. The van der Waals surface area contributed by atoms with Gasteiger partial charge in [0.05, 0.1) is 18.1 Å². The largest absolute Gasteiger partial charge is 0.478 e. The molecule has 2 aromatic rings. The molecule has 18 heavy (non-hydrogen) atoms. The number of sulfonamides is 1. The number of hydrogen-bond donors (Lipinski definition) is 3. The van der Waals surface area contributed by atoms with Gasteiger partial charge in [-0.1, -0.05) is 0 Å². The lowest BCUT2D eigenvalue weighted by atomic mass is 10.4. The number of aryl methyl sites for hydroxylation is 1. The summed E-state index contributed by atoms with van der Waals surface area (Å²) in [6.45, 7) is 0. The van der Waals surface area contributed by atoms with Crippen molar-refractivity contribution in [3.05, 3.63) is 24.2 Å². The van der Waals surface area contributed by atoms with E-state index in [9.17, 15) is 13.2 Å². The Hall–Kier alpha value is -2.36. The molecule has 96 valence electrons. The van der Waals surface area contributed by atoms with Gasteiger partial charge in [0, 0.05) is 13.2 Å². The standard InChI is InChI=1S/C8H9N5O4S/c1-13-4-5(2-10-13)12-18(16,17)7-6(8(14)15)3-9-11-7/h2-4,12H,1H3,(H,9,11)(H,14,15). The number of aromatic carboxylic acids is 1. The summed E-state index contributed by atoms with van der Waals surface area (Å²) in [5, 5.41) is 17.7. The Morgan fingerprint density at radius 2 is 2.22 bits per heavy atom. The highest BCUT2D eigenvalue weighted by molar-refractivity contribution is 7.92. The first kappa shape index (κ1) is 12.1. The average Bonchev–Trinajstić information content (AvgIpc) is 2.86. The number of carboxylic acids is 1. The van der Waals surface area contributed by atoms with E-state index in [0.29, 0.717) is 0 Å². The van der Waals surface area contributed by atoms with Gasteiger partial charge in [-0.05, 0) is 0 Å². The first-order valence-corrected chi connectivity index (χ1v) is 6.16. The number of anilines is 1. The summed E-state index contributed by atoms with van der Waals surface area (Å²) in [7, 11) is -2.41. The van der Waals surface area contributed by atoms with E-state index in [2.05, 4.69) is 20.0 Å². The molecule has 0 spiro atoms. The van der Waals surface area contributed by atoms with Crippen LogP contribution in [-0.2, 0) is 17.1 Å². The molecule has 0 aliphatic heterocycles. The zero-order chi connectivity index (χ0) is 13.3. The van der Waals surface area contributed by atoms with Crippen LogP contribution in [0.5, 0.6) is 0 Å². The lowest BCUT2D eigenvalue weighted by molar-refractivity contribution is 0.0692. The molecule has 0 unspecified atom stereocenters. The molecule has 0 radical (unpaired) electrons. The van der Waals surface area contributed by atoms with Gasteiger partial charge in [0.2, 0.25) is 0 Å². The molecule has 2 aromatic heterocycles. The maximum Gasteiger partial charge on any atom is 0.340 e. The number of aromatic nitrogens is 4. The molecular weight excluding hydrogens is 262 g/mol. The lowest BCUT2D eigenvalue weighted by Gasteiger charge is -2.03. The topological polar surface area (TPSA) is 130 Å². The first-order chi connectivity index (χ1) is 8.40. The quantitative estimate of drug-likeness (QED) is 0.696. The molecule has 3 N–H and O–H groups in total. The second-order valence-corrected chi connectivity index (χ2v) is 5.05. The fourth-order valence-corrected chi connectivity index (χ4v) is 2.43. The zero-order valence-corrected chi connectivity index (χ0v) is 9.97. The minimum Gasteiger partial charge on any atom is -0.478 e. The Bertz CT molecular complexity index is 686. The SMILES string of the molecule is Cn1cc(NS(=O)(=O)c2[nH]ncc2C(=O)O)cn1. The van der Waals surface area contributed by atoms with Crippen molar-refractivity contribution >= 4 is 21.7 Å². The Kier molecular flexibility index (Phi) is 2.79. The molecule has 2 rings (SSSR count). The highest BCUT2D eigenvalue weighted by atomic mass is 32.2. The lowest BCUT2D eigenvalue weighted by Crippen LogP contribution is -2.16. The second-order valence-electron chi connectivity index (χ2n) is 3.43. The van der Waals surface area contributed by atoms with E-state index >= 15 is 0 Å². The molecule has 0 aliphatic rings. The van der Waals surface area contributed by atoms with Crippen LogP contribution in [0.4, 0.5) is 5.69 Å². The molecule has 2 heterocycles.